The third-order valence-corrected chi connectivity index (χ3v) is 9.50. The molecule has 2 aromatic carbocycles. The van der Waals surface area contributed by atoms with E-state index in [0.29, 0.717) is 25.5 Å². The molecule has 3 aromatic rings. The number of halogens is 3. The van der Waals surface area contributed by atoms with Crippen LogP contribution < -0.4 is 0 Å². The van der Waals surface area contributed by atoms with Crippen molar-refractivity contribution >= 4 is 27.3 Å². The van der Waals surface area contributed by atoms with Gasteiger partial charge in [0, 0.05) is 17.5 Å². The number of benzene rings is 2. The fraction of sp³-hybridized carbons (Fsp3) is 0.346. The smallest absolute Gasteiger partial charge is 0.330 e. The van der Waals surface area contributed by atoms with Gasteiger partial charge in [-0.2, -0.15) is 17.5 Å². The van der Waals surface area contributed by atoms with Crippen LogP contribution in [0.25, 0.3) is 0 Å². The SMILES string of the molecule is CCC(C)N(CC(=O)N1CCc2sccc2C1c1ccccc1)S(=O)(=O)c1cccc(C(F)(F)F)c1. The molecule has 0 N–H and O–H groups in total. The highest BCUT2D eigenvalue weighted by Gasteiger charge is 2.38. The van der Waals surface area contributed by atoms with Crippen LogP contribution >= 0.6 is 11.3 Å². The molecule has 5 nitrogen and oxygen atoms in total. The van der Waals surface area contributed by atoms with Crippen molar-refractivity contribution in [3.8, 4) is 0 Å². The number of alkyl halides is 3. The first-order chi connectivity index (χ1) is 17.0. The van der Waals surface area contributed by atoms with Gasteiger partial charge < -0.3 is 4.90 Å². The van der Waals surface area contributed by atoms with E-state index in [9.17, 15) is 26.4 Å². The van der Waals surface area contributed by atoms with Crippen molar-refractivity contribution in [1.29, 1.82) is 0 Å². The minimum Gasteiger partial charge on any atom is -0.330 e. The normalized spacial score (nSPS) is 17.2. The number of sulfonamides is 1. The molecule has 0 aliphatic carbocycles. The van der Waals surface area contributed by atoms with Crippen molar-refractivity contribution in [2.75, 3.05) is 13.1 Å². The van der Waals surface area contributed by atoms with E-state index in [1.54, 1.807) is 30.1 Å². The quantitative estimate of drug-likeness (QED) is 0.388. The Hall–Kier alpha value is -2.69. The van der Waals surface area contributed by atoms with Gasteiger partial charge in [-0.25, -0.2) is 8.42 Å². The van der Waals surface area contributed by atoms with E-state index in [2.05, 4.69) is 0 Å². The van der Waals surface area contributed by atoms with Crippen molar-refractivity contribution in [3.05, 3.63) is 87.6 Å². The number of thiophene rings is 1. The number of hydrogen-bond donors (Lipinski definition) is 0. The molecular weight excluding hydrogens is 509 g/mol. The fourth-order valence-corrected chi connectivity index (χ4v) is 7.06. The van der Waals surface area contributed by atoms with E-state index in [1.165, 1.54) is 4.88 Å². The highest BCUT2D eigenvalue weighted by molar-refractivity contribution is 7.89. The zero-order valence-electron chi connectivity index (χ0n) is 19.9. The molecule has 1 aliphatic heterocycles. The molecule has 4 rings (SSSR count). The Kier molecular flexibility index (Phi) is 7.59. The predicted molar refractivity (Wildman–Crippen MR) is 133 cm³/mol. The van der Waals surface area contributed by atoms with E-state index in [1.807, 2.05) is 41.8 Å². The number of rotatable bonds is 7. The molecule has 2 unspecified atom stereocenters. The highest BCUT2D eigenvalue weighted by atomic mass is 32.2. The van der Waals surface area contributed by atoms with E-state index >= 15 is 0 Å². The van der Waals surface area contributed by atoms with Crippen molar-refractivity contribution in [2.24, 2.45) is 0 Å². The molecule has 2 heterocycles. The summed E-state index contributed by atoms with van der Waals surface area (Å²) in [5, 5.41) is 1.98. The van der Waals surface area contributed by atoms with Crippen LogP contribution in [0.15, 0.2) is 70.9 Å². The summed E-state index contributed by atoms with van der Waals surface area (Å²) in [6.07, 6.45) is -3.63. The Morgan fingerprint density at radius 1 is 1.14 bits per heavy atom. The topological polar surface area (TPSA) is 57.7 Å². The van der Waals surface area contributed by atoms with Crippen molar-refractivity contribution < 1.29 is 26.4 Å². The number of amides is 1. The molecule has 1 amide bonds. The molecule has 1 aromatic heterocycles. The van der Waals surface area contributed by atoms with Gasteiger partial charge in [0.1, 0.15) is 0 Å². The zero-order valence-corrected chi connectivity index (χ0v) is 21.5. The molecule has 192 valence electrons. The molecule has 2 atom stereocenters. The van der Waals surface area contributed by atoms with Crippen LogP contribution in [0.4, 0.5) is 13.2 Å². The lowest BCUT2D eigenvalue weighted by molar-refractivity contribution is -0.138. The van der Waals surface area contributed by atoms with Crippen LogP contribution in [0.1, 0.15) is 47.9 Å². The molecule has 0 radical (unpaired) electrons. The van der Waals surface area contributed by atoms with Crippen LogP contribution in [-0.2, 0) is 27.4 Å². The van der Waals surface area contributed by atoms with Gasteiger partial charge in [0.2, 0.25) is 15.9 Å². The lowest BCUT2D eigenvalue weighted by Gasteiger charge is -2.38. The fourth-order valence-electron chi connectivity index (χ4n) is 4.45. The van der Waals surface area contributed by atoms with Crippen LogP contribution in [-0.4, -0.2) is 42.7 Å². The van der Waals surface area contributed by atoms with Gasteiger partial charge in [-0.3, -0.25) is 4.79 Å². The van der Waals surface area contributed by atoms with E-state index in [0.717, 1.165) is 33.6 Å². The van der Waals surface area contributed by atoms with Crippen molar-refractivity contribution in [1.82, 2.24) is 9.21 Å². The second kappa shape index (κ2) is 10.4. The Morgan fingerprint density at radius 3 is 2.53 bits per heavy atom. The minimum atomic E-state index is -4.68. The van der Waals surface area contributed by atoms with Gasteiger partial charge >= 0.3 is 6.18 Å². The number of fused-ring (bicyclic) bond motifs is 1. The lowest BCUT2D eigenvalue weighted by Crippen LogP contribution is -2.49. The predicted octanol–water partition coefficient (Wildman–Crippen LogP) is 5.73. The van der Waals surface area contributed by atoms with Gasteiger partial charge in [-0.1, -0.05) is 43.3 Å². The minimum absolute atomic E-state index is 0.358. The van der Waals surface area contributed by atoms with Crippen molar-refractivity contribution in [3.63, 3.8) is 0 Å². The number of nitrogens with zero attached hydrogens (tertiary/aromatic N) is 2. The van der Waals surface area contributed by atoms with Gasteiger partial charge in [-0.15, -0.1) is 11.3 Å². The summed E-state index contributed by atoms with van der Waals surface area (Å²) in [5.41, 5.74) is 0.881. The molecular formula is C26H27F3N2O3S2. The summed E-state index contributed by atoms with van der Waals surface area (Å²) >= 11 is 1.63. The summed E-state index contributed by atoms with van der Waals surface area (Å²) in [6.45, 7) is 3.38. The number of carbonyl (C=O) groups excluding carboxylic acids is 1. The monoisotopic (exact) mass is 536 g/mol. The maximum atomic E-state index is 13.7. The maximum Gasteiger partial charge on any atom is 0.416 e. The summed E-state index contributed by atoms with van der Waals surface area (Å²) in [5.74, 6) is -0.392. The standard InChI is InChI=1S/C26H27F3N2O3S2/c1-3-18(2)31(36(33,34)21-11-7-10-20(16-21)26(27,28)29)17-24(32)30-14-12-23-22(13-15-35-23)25(30)19-8-5-4-6-9-19/h4-11,13,15-16,18,25H,3,12,14,17H2,1-2H3. The zero-order chi connectivity index (χ0) is 26.1. The molecule has 36 heavy (non-hydrogen) atoms. The second-order valence-electron chi connectivity index (χ2n) is 8.78. The largest absolute Gasteiger partial charge is 0.416 e. The van der Waals surface area contributed by atoms with Gasteiger partial charge in [0.05, 0.1) is 23.0 Å². The molecule has 0 bridgehead atoms. The third-order valence-electron chi connectivity index (χ3n) is 6.54. The third kappa shape index (κ3) is 5.21. The Bertz CT molecular complexity index is 1320. The number of hydrogen-bond acceptors (Lipinski definition) is 4. The first kappa shape index (κ1) is 26.4. The maximum absolute atomic E-state index is 13.7. The molecule has 0 fully saturated rings. The first-order valence-electron chi connectivity index (χ1n) is 11.6. The van der Waals surface area contributed by atoms with Crippen LogP contribution in [0.3, 0.4) is 0 Å². The molecule has 1 aliphatic rings. The average Bonchev–Trinajstić information content (AvgIpc) is 3.35. The average molecular weight is 537 g/mol. The Morgan fingerprint density at radius 2 is 1.86 bits per heavy atom. The summed E-state index contributed by atoms with van der Waals surface area (Å²) < 4.78 is 67.9. The van der Waals surface area contributed by atoms with Gasteiger partial charge in [0.25, 0.3) is 0 Å². The van der Waals surface area contributed by atoms with E-state index < -0.39 is 45.2 Å². The number of carbonyl (C=O) groups is 1. The second-order valence-corrected chi connectivity index (χ2v) is 11.7. The van der Waals surface area contributed by atoms with Crippen molar-refractivity contribution in [2.45, 2.75) is 49.8 Å². The summed E-state index contributed by atoms with van der Waals surface area (Å²) in [4.78, 5) is 16.1. The lowest BCUT2D eigenvalue weighted by atomic mass is 9.93. The van der Waals surface area contributed by atoms with Crippen LogP contribution in [0, 0.1) is 0 Å². The Labute approximate surface area is 213 Å². The first-order valence-corrected chi connectivity index (χ1v) is 14.0. The van der Waals surface area contributed by atoms with E-state index in [-0.39, 0.29) is 6.04 Å². The van der Waals surface area contributed by atoms with E-state index in [4.69, 9.17) is 0 Å². The van der Waals surface area contributed by atoms with Gasteiger partial charge in [0.15, 0.2) is 0 Å². The Balaban J connectivity index is 1.68. The summed E-state index contributed by atoms with van der Waals surface area (Å²) in [7, 11) is -4.37. The van der Waals surface area contributed by atoms with Crippen LogP contribution in [0.5, 0.6) is 0 Å². The molecule has 0 saturated heterocycles. The van der Waals surface area contributed by atoms with Gasteiger partial charge in [-0.05, 0) is 60.5 Å². The molecule has 0 spiro atoms. The molecule has 10 heteroatoms. The molecule has 0 saturated carbocycles. The van der Waals surface area contributed by atoms with Crippen LogP contribution in [0.2, 0.25) is 0 Å². The summed E-state index contributed by atoms with van der Waals surface area (Å²) in [6, 6.07) is 14.2. The highest BCUT2D eigenvalue weighted by Crippen LogP contribution is 2.38.